The van der Waals surface area contributed by atoms with Crippen molar-refractivity contribution in [3.05, 3.63) is 54.2 Å². The van der Waals surface area contributed by atoms with Crippen LogP contribution in [0.3, 0.4) is 0 Å². The van der Waals surface area contributed by atoms with Gasteiger partial charge in [0, 0.05) is 42.0 Å². The number of aromatic nitrogens is 3. The lowest BCUT2D eigenvalue weighted by Gasteiger charge is -2.30. The lowest BCUT2D eigenvalue weighted by atomic mass is 10.0. The zero-order chi connectivity index (χ0) is 29.4. The number of para-hydroxylation sites is 1. The topological polar surface area (TPSA) is 212 Å². The maximum Gasteiger partial charge on any atom is 0.326 e. The van der Waals surface area contributed by atoms with E-state index in [1.807, 2.05) is 30.5 Å². The molecule has 9 N–H and O–H groups in total. The summed E-state index contributed by atoms with van der Waals surface area (Å²) in [5.74, 6) is -2.61. The number of fused-ring (bicyclic) bond motifs is 1. The number of carbonyl (C=O) groups is 4. The third kappa shape index (κ3) is 7.50. The van der Waals surface area contributed by atoms with E-state index in [-0.39, 0.29) is 12.8 Å². The molecule has 3 aromatic rings. The van der Waals surface area contributed by atoms with Gasteiger partial charge in [0.15, 0.2) is 0 Å². The van der Waals surface area contributed by atoms with Crippen molar-refractivity contribution < 1.29 is 24.3 Å². The zero-order valence-corrected chi connectivity index (χ0v) is 22.8. The first-order valence-corrected chi connectivity index (χ1v) is 13.9. The molecule has 1 fully saturated rings. The van der Waals surface area contributed by atoms with Crippen LogP contribution in [0.4, 0.5) is 0 Å². The van der Waals surface area contributed by atoms with E-state index in [1.165, 1.54) is 17.4 Å². The molecule has 41 heavy (non-hydrogen) atoms. The third-order valence-corrected chi connectivity index (χ3v) is 7.45. The van der Waals surface area contributed by atoms with Crippen molar-refractivity contribution in [1.29, 1.82) is 0 Å². The van der Waals surface area contributed by atoms with Gasteiger partial charge < -0.3 is 42.1 Å². The maximum atomic E-state index is 13.7. The van der Waals surface area contributed by atoms with Gasteiger partial charge in [0.2, 0.25) is 17.7 Å². The lowest BCUT2D eigenvalue weighted by Crippen LogP contribution is -2.57. The number of nitrogens with one attached hydrogen (secondary N) is 4. The van der Waals surface area contributed by atoms with Crippen LogP contribution < -0.4 is 22.1 Å². The van der Waals surface area contributed by atoms with Gasteiger partial charge in [0.05, 0.1) is 12.4 Å². The van der Waals surface area contributed by atoms with Crippen molar-refractivity contribution in [3.63, 3.8) is 0 Å². The van der Waals surface area contributed by atoms with Gasteiger partial charge in [0.25, 0.3) is 0 Å². The van der Waals surface area contributed by atoms with Crippen LogP contribution in [0.2, 0.25) is 0 Å². The first-order valence-electron chi connectivity index (χ1n) is 13.9. The number of carboxylic acid groups (broad SMARTS) is 1. The van der Waals surface area contributed by atoms with Gasteiger partial charge >= 0.3 is 5.97 Å². The summed E-state index contributed by atoms with van der Waals surface area (Å²) < 4.78 is 0. The van der Waals surface area contributed by atoms with Crippen LogP contribution in [0.1, 0.15) is 43.4 Å². The van der Waals surface area contributed by atoms with Crippen molar-refractivity contribution in [3.8, 4) is 0 Å². The number of nitrogens with zero attached hydrogens (tertiary/aromatic N) is 2. The molecule has 1 saturated heterocycles. The van der Waals surface area contributed by atoms with Crippen LogP contribution in [-0.4, -0.2) is 85.9 Å². The molecule has 0 spiro atoms. The highest BCUT2D eigenvalue weighted by molar-refractivity contribution is 5.95. The van der Waals surface area contributed by atoms with Crippen molar-refractivity contribution in [2.75, 3.05) is 13.1 Å². The maximum absolute atomic E-state index is 13.7. The number of benzene rings is 1. The number of hydrogen-bond donors (Lipinski definition) is 7. The largest absolute Gasteiger partial charge is 0.480 e. The van der Waals surface area contributed by atoms with E-state index in [9.17, 15) is 24.3 Å². The Morgan fingerprint density at radius 1 is 1.10 bits per heavy atom. The predicted molar refractivity (Wildman–Crippen MR) is 151 cm³/mol. The number of likely N-dealkylation sites (tertiary alicyclic amines) is 1. The van der Waals surface area contributed by atoms with Crippen LogP contribution in [-0.2, 0) is 32.0 Å². The van der Waals surface area contributed by atoms with Crippen LogP contribution in [0, 0.1) is 0 Å². The second kappa shape index (κ2) is 13.9. The predicted octanol–water partition coefficient (Wildman–Crippen LogP) is 0.178. The van der Waals surface area contributed by atoms with Gasteiger partial charge in [-0.3, -0.25) is 14.4 Å². The van der Waals surface area contributed by atoms with Crippen LogP contribution in [0.15, 0.2) is 43.0 Å². The van der Waals surface area contributed by atoms with Crippen molar-refractivity contribution in [1.82, 2.24) is 30.5 Å². The number of aliphatic carboxylic acids is 1. The van der Waals surface area contributed by atoms with Crippen molar-refractivity contribution >= 4 is 34.6 Å². The minimum Gasteiger partial charge on any atom is -0.480 e. The number of rotatable bonds is 14. The molecule has 13 nitrogen and oxygen atoms in total. The second-order valence-corrected chi connectivity index (χ2v) is 10.4. The Hall–Kier alpha value is -4.23. The molecule has 2 aromatic heterocycles. The summed E-state index contributed by atoms with van der Waals surface area (Å²) in [5.41, 5.74) is 14.3. The number of hydrogen-bond acceptors (Lipinski definition) is 7. The third-order valence-electron chi connectivity index (χ3n) is 7.45. The summed E-state index contributed by atoms with van der Waals surface area (Å²) in [6, 6.07) is 3.90. The molecule has 0 bridgehead atoms. The molecule has 1 aromatic carbocycles. The molecule has 1 aliphatic heterocycles. The Morgan fingerprint density at radius 3 is 2.63 bits per heavy atom. The number of carboxylic acids is 1. The summed E-state index contributed by atoms with van der Waals surface area (Å²) in [5, 5.41) is 16.0. The Kier molecular flexibility index (Phi) is 10.1. The van der Waals surface area contributed by atoms with E-state index in [4.69, 9.17) is 11.5 Å². The number of amides is 3. The number of aromatic amines is 2. The Labute approximate surface area is 237 Å². The fraction of sp³-hybridized carbons (Fsp3) is 0.464. The normalized spacial score (nSPS) is 17.2. The average molecular weight is 567 g/mol. The number of imidazole rings is 1. The molecule has 220 valence electrons. The summed E-state index contributed by atoms with van der Waals surface area (Å²) in [7, 11) is 0. The van der Waals surface area contributed by atoms with E-state index in [0.29, 0.717) is 50.9 Å². The quantitative estimate of drug-likeness (QED) is 0.133. The smallest absolute Gasteiger partial charge is 0.326 e. The number of nitrogens with two attached hydrogens (primary N) is 2. The van der Waals surface area contributed by atoms with Crippen LogP contribution in [0.25, 0.3) is 10.9 Å². The molecule has 1 aliphatic rings. The second-order valence-electron chi connectivity index (χ2n) is 10.4. The molecule has 3 heterocycles. The SMILES string of the molecule is NCCCCC(NC(=O)C(N)Cc1c[nH]c2ccccc12)C(=O)N1CCCC1C(=O)NC(Cc1cnc[nH]1)C(=O)O. The zero-order valence-electron chi connectivity index (χ0n) is 22.8. The average Bonchev–Trinajstić information content (AvgIpc) is 3.73. The fourth-order valence-electron chi connectivity index (χ4n) is 5.25. The molecule has 13 heteroatoms. The molecule has 4 unspecified atom stereocenters. The molecule has 4 atom stereocenters. The molecule has 3 amide bonds. The minimum atomic E-state index is -1.19. The highest BCUT2D eigenvalue weighted by Crippen LogP contribution is 2.21. The van der Waals surface area contributed by atoms with Gasteiger partial charge in [-0.2, -0.15) is 0 Å². The summed E-state index contributed by atoms with van der Waals surface area (Å²) in [4.78, 5) is 63.2. The standard InChI is InChI=1S/C28H38N8O5/c29-10-4-3-8-22(34-25(37)20(30)12-17-14-32-21-7-2-1-6-19(17)21)27(39)36-11-5-9-24(36)26(38)35-23(28(40)41)13-18-15-31-16-33-18/h1-2,6-7,14-16,20,22-24,32H,3-5,8-13,29-30H2,(H,31,33)(H,34,37)(H,35,38)(H,40,41). The molecule has 0 saturated carbocycles. The van der Waals surface area contributed by atoms with E-state index in [2.05, 4.69) is 25.6 Å². The molecular weight excluding hydrogens is 528 g/mol. The Balaban J connectivity index is 1.42. The van der Waals surface area contributed by atoms with Crippen LogP contribution >= 0.6 is 0 Å². The monoisotopic (exact) mass is 566 g/mol. The van der Waals surface area contributed by atoms with Gasteiger partial charge in [-0.15, -0.1) is 0 Å². The fourth-order valence-corrected chi connectivity index (χ4v) is 5.25. The summed E-state index contributed by atoms with van der Waals surface area (Å²) in [6.45, 7) is 0.760. The summed E-state index contributed by atoms with van der Waals surface area (Å²) >= 11 is 0. The highest BCUT2D eigenvalue weighted by atomic mass is 16.4. The van der Waals surface area contributed by atoms with Gasteiger partial charge in [-0.05, 0) is 56.7 Å². The van der Waals surface area contributed by atoms with Gasteiger partial charge in [-0.25, -0.2) is 9.78 Å². The van der Waals surface area contributed by atoms with Crippen LogP contribution in [0.5, 0.6) is 0 Å². The van der Waals surface area contributed by atoms with E-state index < -0.39 is 47.9 Å². The number of unbranched alkanes of at least 4 members (excludes halogenated alkanes) is 1. The number of carbonyl (C=O) groups excluding carboxylic acids is 3. The first-order chi connectivity index (χ1) is 19.8. The summed E-state index contributed by atoms with van der Waals surface area (Å²) in [6.07, 6.45) is 7.61. The van der Waals surface area contributed by atoms with Gasteiger partial charge in [-0.1, -0.05) is 18.2 Å². The van der Waals surface area contributed by atoms with E-state index >= 15 is 0 Å². The molecule has 0 aliphatic carbocycles. The molecule has 4 rings (SSSR count). The lowest BCUT2D eigenvalue weighted by molar-refractivity contribution is -0.145. The first kappa shape index (κ1) is 29.7. The molecule has 0 radical (unpaired) electrons. The van der Waals surface area contributed by atoms with E-state index in [0.717, 1.165) is 16.5 Å². The van der Waals surface area contributed by atoms with Gasteiger partial charge in [0.1, 0.15) is 18.1 Å². The molecular formula is C28H38N8O5. The Bertz CT molecular complexity index is 1340. The minimum absolute atomic E-state index is 0.0217. The van der Waals surface area contributed by atoms with Crippen molar-refractivity contribution in [2.45, 2.75) is 69.1 Å². The van der Waals surface area contributed by atoms with E-state index in [1.54, 1.807) is 0 Å². The highest BCUT2D eigenvalue weighted by Gasteiger charge is 2.39. The number of H-pyrrole nitrogens is 2. The van der Waals surface area contributed by atoms with Crippen molar-refractivity contribution in [2.24, 2.45) is 11.5 Å². The Morgan fingerprint density at radius 2 is 1.90 bits per heavy atom.